The molecule has 0 aromatic carbocycles. The van der Waals surface area contributed by atoms with Crippen LogP contribution in [0.3, 0.4) is 0 Å². The fraction of sp³-hybridized carbons (Fsp3) is 1.00. The molecular formula is C38H67NO24S3. The number of ether oxygens (including phenoxy) is 12. The second-order valence-electron chi connectivity index (χ2n) is 17.9. The van der Waals surface area contributed by atoms with Gasteiger partial charge in [0, 0.05) is 38.9 Å². The fourth-order valence-corrected chi connectivity index (χ4v) is 10.6. The number of hydrogen-bond acceptors (Lipinski definition) is 22. The number of nitrogens with two attached hydrogens (primary N) is 1. The van der Waals surface area contributed by atoms with Crippen molar-refractivity contribution in [2.45, 2.75) is 172 Å². The molecule has 7 aliphatic rings. The predicted molar refractivity (Wildman–Crippen MR) is 221 cm³/mol. The normalized spacial score (nSPS) is 44.9. The number of rotatable bonds is 20. The highest BCUT2D eigenvalue weighted by molar-refractivity contribution is 7.81. The van der Waals surface area contributed by atoms with E-state index in [-0.39, 0.29) is 43.1 Å². The molecule has 0 aromatic rings. The molecule has 0 aromatic heterocycles. The Labute approximate surface area is 386 Å². The molecule has 25 nitrogen and oxygen atoms in total. The Kier molecular flexibility index (Phi) is 18.7. The Balaban J connectivity index is 1.09. The Hall–Kier alpha value is -0.910. The molecular weight excluding hydrogens is 951 g/mol. The Morgan fingerprint density at radius 1 is 0.561 bits per heavy atom. The van der Waals surface area contributed by atoms with E-state index in [9.17, 15) is 38.9 Å². The first-order valence-corrected chi connectivity index (χ1v) is 26.2. The molecule has 7 fully saturated rings. The second-order valence-corrected chi connectivity index (χ2v) is 21.2. The lowest BCUT2D eigenvalue weighted by molar-refractivity contribution is -0.387. The molecule has 5 N–H and O–H groups in total. The predicted octanol–water partition coefficient (Wildman–Crippen LogP) is 0.758. The number of methoxy groups -OCH3 is 2. The summed E-state index contributed by atoms with van der Waals surface area (Å²) in [4.78, 5) is 0. The van der Waals surface area contributed by atoms with Gasteiger partial charge in [-0.05, 0) is 30.6 Å². The third-order valence-corrected chi connectivity index (χ3v) is 14.9. The molecule has 28 heteroatoms. The van der Waals surface area contributed by atoms with E-state index in [4.69, 9.17) is 66.8 Å². The Morgan fingerprint density at radius 3 is 1.74 bits per heavy atom. The molecule has 0 radical (unpaired) electrons. The molecule has 386 valence electrons. The van der Waals surface area contributed by atoms with Crippen molar-refractivity contribution in [2.24, 2.45) is 35.3 Å². The molecule has 8 unspecified atom stereocenters. The van der Waals surface area contributed by atoms with Crippen molar-refractivity contribution in [2.75, 3.05) is 40.6 Å². The van der Waals surface area contributed by atoms with Gasteiger partial charge in [-0.15, -0.1) is 0 Å². The molecule has 66 heavy (non-hydrogen) atoms. The van der Waals surface area contributed by atoms with Crippen LogP contribution in [0, 0.1) is 29.6 Å². The monoisotopic (exact) mass is 1020 g/mol. The van der Waals surface area contributed by atoms with Gasteiger partial charge < -0.3 is 62.6 Å². The summed E-state index contributed by atoms with van der Waals surface area (Å²) in [5.74, 6) is -1.43. The van der Waals surface area contributed by atoms with Gasteiger partial charge in [0.2, 0.25) is 0 Å². The van der Waals surface area contributed by atoms with Crippen molar-refractivity contribution in [3.05, 3.63) is 0 Å². The minimum atomic E-state index is -4.91. The van der Waals surface area contributed by atoms with Crippen LogP contribution in [-0.4, -0.2) is 184 Å². The molecule has 0 saturated carbocycles. The van der Waals surface area contributed by atoms with Crippen molar-refractivity contribution < 1.29 is 108 Å². The van der Waals surface area contributed by atoms with Crippen molar-refractivity contribution >= 4 is 31.2 Å². The summed E-state index contributed by atoms with van der Waals surface area (Å²) in [6.07, 6.45) is -11.5. The second kappa shape index (κ2) is 22.7. The Morgan fingerprint density at radius 2 is 1.15 bits per heavy atom. The van der Waals surface area contributed by atoms with Crippen LogP contribution in [0.2, 0.25) is 0 Å². The van der Waals surface area contributed by atoms with Crippen LogP contribution in [-0.2, 0) is 101 Å². The van der Waals surface area contributed by atoms with Crippen molar-refractivity contribution in [3.63, 3.8) is 0 Å². The lowest BCUT2D eigenvalue weighted by Crippen LogP contribution is -2.65. The maximum absolute atomic E-state index is 11.8. The molecule has 7 saturated heterocycles. The van der Waals surface area contributed by atoms with Gasteiger partial charge in [-0.25, -0.2) is 12.5 Å². The van der Waals surface area contributed by atoms with Crippen molar-refractivity contribution in [3.8, 4) is 0 Å². The minimum absolute atomic E-state index is 0.143. The summed E-state index contributed by atoms with van der Waals surface area (Å²) in [6, 6.07) is -0.623. The van der Waals surface area contributed by atoms with Gasteiger partial charge in [0.05, 0.1) is 69.1 Å². The molecule has 7 heterocycles. The van der Waals surface area contributed by atoms with Gasteiger partial charge >= 0.3 is 31.2 Å². The van der Waals surface area contributed by atoms with Gasteiger partial charge in [-0.3, -0.25) is 13.7 Å². The van der Waals surface area contributed by atoms with Crippen LogP contribution >= 0.6 is 0 Å². The lowest BCUT2D eigenvalue weighted by Gasteiger charge is -2.52. The zero-order valence-corrected chi connectivity index (χ0v) is 40.5. The quantitative estimate of drug-likeness (QED) is 0.122. The summed E-state index contributed by atoms with van der Waals surface area (Å²) in [6.45, 7) is 9.73. The summed E-state index contributed by atoms with van der Waals surface area (Å²) in [5, 5.41) is 0. The third-order valence-electron chi connectivity index (χ3n) is 13.6. The molecule has 0 aliphatic carbocycles. The minimum Gasteiger partial charge on any atom is -0.376 e. The maximum atomic E-state index is 11.8. The van der Waals surface area contributed by atoms with E-state index in [1.807, 2.05) is 41.5 Å². The molecule has 7 aliphatic heterocycles. The van der Waals surface area contributed by atoms with Gasteiger partial charge in [0.1, 0.15) is 30.5 Å². The molecule has 22 atom stereocenters. The van der Waals surface area contributed by atoms with Gasteiger partial charge in [-0.1, -0.05) is 41.5 Å². The number of fused-ring (bicyclic) bond motifs is 3. The lowest BCUT2D eigenvalue weighted by atomic mass is 9.82. The topological polar surface area (TPSA) is 328 Å². The molecule has 7 rings (SSSR count). The van der Waals surface area contributed by atoms with Crippen LogP contribution < -0.4 is 5.73 Å². The highest BCUT2D eigenvalue weighted by atomic mass is 32.3. The van der Waals surface area contributed by atoms with Gasteiger partial charge in [0.15, 0.2) is 31.5 Å². The highest BCUT2D eigenvalue weighted by Crippen LogP contribution is 2.42. The van der Waals surface area contributed by atoms with Crippen LogP contribution in [0.25, 0.3) is 0 Å². The van der Waals surface area contributed by atoms with E-state index in [0.717, 1.165) is 0 Å². The van der Waals surface area contributed by atoms with Crippen LogP contribution in [0.4, 0.5) is 0 Å². The van der Waals surface area contributed by atoms with Crippen molar-refractivity contribution in [1.29, 1.82) is 0 Å². The first-order chi connectivity index (χ1) is 30.9. The maximum Gasteiger partial charge on any atom is 0.397 e. The summed E-state index contributed by atoms with van der Waals surface area (Å²) < 4.78 is 185. The van der Waals surface area contributed by atoms with E-state index in [1.54, 1.807) is 0 Å². The highest BCUT2D eigenvalue weighted by Gasteiger charge is 2.55. The molecule has 2 bridgehead atoms. The van der Waals surface area contributed by atoms with Crippen LogP contribution in [0.5, 0.6) is 0 Å². The standard InChI is InChI=1S/C38H67NO24S3/c1-9-22-32(63-36-30(39)19(4)18(3)24(59-36)14-52-64(40,41)42)20(5)34(50-8)37(57-22)58-23-10-11-28(55-25(23)15-53-65(43,44)45)61-33-21(6)35-38(60-26(33)13-51-35)62-31-17(2)12-29(49-7)56-27(31)16-54-66(46,47)48/h17-38H,9-16,39H2,1-8H3,(H,40,41,42)(H,43,44,45)(H,46,47,48)/t17-,18+,19+,20+,21+,22?,23+,24?,25?,26?,27?,28+,29+,30?,31+,32+,33-,34?,35?,36+,37+,38+/m1/s1. The van der Waals surface area contributed by atoms with Gasteiger partial charge in [0.25, 0.3) is 0 Å². The third kappa shape index (κ3) is 13.7. The van der Waals surface area contributed by atoms with Crippen LogP contribution in [0.15, 0.2) is 0 Å². The fourth-order valence-electron chi connectivity index (χ4n) is 9.70. The van der Waals surface area contributed by atoms with Crippen LogP contribution in [0.1, 0.15) is 67.2 Å². The zero-order chi connectivity index (χ0) is 48.5. The van der Waals surface area contributed by atoms with E-state index in [1.165, 1.54) is 14.2 Å². The first-order valence-electron chi connectivity index (χ1n) is 22.1. The SMILES string of the molecule is CCC1O[C@@H](O[C@H]2CC[C@H](O[C@H]3C4COC([C@H](O[C@@H]5C(COS(=O)(=O)O)O[C@H](OC)C[C@H]5C)O4)[C@H]3C)OC2COS(=O)(=O)O)C(OC)[C@@H](C)[C@@H]1O[C@@H]1OC(COS(=O)(=O)O)[C@@H](C)[C@H](C)C1N. The average molecular weight is 1020 g/mol. The average Bonchev–Trinajstić information content (AvgIpc) is 3.24. The molecule has 0 amide bonds. The zero-order valence-electron chi connectivity index (χ0n) is 38.1. The number of hydrogen-bond donors (Lipinski definition) is 4. The van der Waals surface area contributed by atoms with E-state index in [2.05, 4.69) is 8.37 Å². The molecule has 0 spiro atoms. The summed E-state index contributed by atoms with van der Waals surface area (Å²) >= 11 is 0. The van der Waals surface area contributed by atoms with E-state index < -0.39 is 162 Å². The van der Waals surface area contributed by atoms with Crippen molar-refractivity contribution in [1.82, 2.24) is 0 Å². The van der Waals surface area contributed by atoms with Gasteiger partial charge in [-0.2, -0.15) is 25.3 Å². The largest absolute Gasteiger partial charge is 0.397 e. The van der Waals surface area contributed by atoms with E-state index in [0.29, 0.717) is 12.8 Å². The Bertz CT molecular complexity index is 1900. The smallest absolute Gasteiger partial charge is 0.376 e. The summed E-state index contributed by atoms with van der Waals surface area (Å²) in [5.41, 5.74) is 6.57. The first kappa shape index (κ1) is 54.4. The van der Waals surface area contributed by atoms with E-state index >= 15 is 0 Å². The summed E-state index contributed by atoms with van der Waals surface area (Å²) in [7, 11) is -11.5.